The lowest BCUT2D eigenvalue weighted by Gasteiger charge is -2.25. The van der Waals surface area contributed by atoms with Gasteiger partial charge in [-0.25, -0.2) is 4.39 Å². The summed E-state index contributed by atoms with van der Waals surface area (Å²) in [4.78, 5) is 25.0. The molecular weight excluding hydrogens is 261 g/mol. The van der Waals surface area contributed by atoms with Crippen LogP contribution in [0.2, 0.25) is 0 Å². The van der Waals surface area contributed by atoms with Gasteiger partial charge in [0.25, 0.3) is 5.91 Å². The van der Waals surface area contributed by atoms with Crippen LogP contribution in [0.15, 0.2) is 12.1 Å². The Bertz CT molecular complexity index is 560. The average molecular weight is 279 g/mol. The summed E-state index contributed by atoms with van der Waals surface area (Å²) in [6.45, 7) is 2.11. The minimum Gasteiger partial charge on any atom is -0.338 e. The molecule has 0 aliphatic carbocycles. The second-order valence-electron chi connectivity index (χ2n) is 5.04. The number of carbonyl (C=O) groups excluding carboxylic acids is 2. The third-order valence-corrected chi connectivity index (χ3v) is 3.64. The van der Waals surface area contributed by atoms with E-state index in [-0.39, 0.29) is 17.5 Å². The van der Waals surface area contributed by atoms with Crippen LogP contribution in [0, 0.1) is 5.82 Å². The van der Waals surface area contributed by atoms with Gasteiger partial charge in [-0.05, 0) is 31.0 Å². The number of fused-ring (bicyclic) bond motifs is 1. The molecule has 1 atom stereocenters. The van der Waals surface area contributed by atoms with Crippen molar-refractivity contribution >= 4 is 17.5 Å². The third-order valence-electron chi connectivity index (χ3n) is 3.64. The van der Waals surface area contributed by atoms with Gasteiger partial charge < -0.3 is 16.0 Å². The minimum atomic E-state index is -0.632. The molecule has 0 bridgehead atoms. The van der Waals surface area contributed by atoms with Crippen LogP contribution in [0.4, 0.5) is 10.1 Å². The summed E-state index contributed by atoms with van der Waals surface area (Å²) >= 11 is 0. The van der Waals surface area contributed by atoms with Crippen LogP contribution >= 0.6 is 0 Å². The molecule has 0 aromatic heterocycles. The van der Waals surface area contributed by atoms with Crippen molar-refractivity contribution in [3.8, 4) is 0 Å². The number of likely N-dealkylation sites (N-methyl/N-ethyl adjacent to an activating group) is 1. The summed E-state index contributed by atoms with van der Waals surface area (Å²) in [5, 5.41) is 2.61. The molecule has 1 unspecified atom stereocenters. The van der Waals surface area contributed by atoms with Crippen molar-refractivity contribution in [2.45, 2.75) is 25.8 Å². The first kappa shape index (κ1) is 14.5. The van der Waals surface area contributed by atoms with Gasteiger partial charge >= 0.3 is 0 Å². The van der Waals surface area contributed by atoms with Crippen molar-refractivity contribution in [2.75, 3.05) is 18.9 Å². The van der Waals surface area contributed by atoms with Crippen molar-refractivity contribution in [3.05, 3.63) is 29.1 Å². The number of rotatable bonds is 3. The Morgan fingerprint density at radius 3 is 2.85 bits per heavy atom. The standard InChI is InChI=1S/C14H18FN3O2/c1-8(7-16)18(2)14(20)10-5-9-3-4-13(19)17-12(9)6-11(10)15/h5-6,8H,3-4,7,16H2,1-2H3,(H,17,19). The fraction of sp³-hybridized carbons (Fsp3) is 0.429. The molecule has 1 heterocycles. The molecule has 1 aromatic rings. The summed E-state index contributed by atoms with van der Waals surface area (Å²) in [5.74, 6) is -1.17. The van der Waals surface area contributed by atoms with Crippen LogP contribution in [0.25, 0.3) is 0 Å². The maximum absolute atomic E-state index is 14.1. The van der Waals surface area contributed by atoms with Gasteiger partial charge in [0.1, 0.15) is 5.82 Å². The number of nitrogens with zero attached hydrogens (tertiary/aromatic N) is 1. The fourth-order valence-corrected chi connectivity index (χ4v) is 2.11. The maximum atomic E-state index is 14.1. The van der Waals surface area contributed by atoms with Gasteiger partial charge in [0.2, 0.25) is 5.91 Å². The Morgan fingerprint density at radius 1 is 1.50 bits per heavy atom. The summed E-state index contributed by atoms with van der Waals surface area (Å²) in [6.07, 6.45) is 0.860. The Hall–Kier alpha value is -1.95. The lowest BCUT2D eigenvalue weighted by atomic mass is 9.99. The summed E-state index contributed by atoms with van der Waals surface area (Å²) in [5.41, 5.74) is 6.76. The van der Waals surface area contributed by atoms with Crippen molar-refractivity contribution in [1.82, 2.24) is 4.90 Å². The lowest BCUT2D eigenvalue weighted by Crippen LogP contribution is -2.40. The molecule has 108 valence electrons. The van der Waals surface area contributed by atoms with E-state index in [1.54, 1.807) is 14.0 Å². The molecule has 5 nitrogen and oxygen atoms in total. The van der Waals surface area contributed by atoms with Gasteiger partial charge in [0.15, 0.2) is 0 Å². The normalized spacial score (nSPS) is 15.3. The summed E-state index contributed by atoms with van der Waals surface area (Å²) in [7, 11) is 1.60. The van der Waals surface area contributed by atoms with E-state index >= 15 is 0 Å². The highest BCUT2D eigenvalue weighted by atomic mass is 19.1. The second kappa shape index (κ2) is 5.58. The molecule has 0 spiro atoms. The molecule has 1 aromatic carbocycles. The van der Waals surface area contributed by atoms with Gasteiger partial charge in [0.05, 0.1) is 5.56 Å². The minimum absolute atomic E-state index is 0.0164. The molecule has 1 aliphatic rings. The topological polar surface area (TPSA) is 75.4 Å². The zero-order valence-corrected chi connectivity index (χ0v) is 11.6. The first-order valence-electron chi connectivity index (χ1n) is 6.53. The highest BCUT2D eigenvalue weighted by molar-refractivity contribution is 5.98. The molecule has 2 rings (SSSR count). The lowest BCUT2D eigenvalue weighted by molar-refractivity contribution is -0.116. The van der Waals surface area contributed by atoms with Crippen LogP contribution in [0.3, 0.4) is 0 Å². The fourth-order valence-electron chi connectivity index (χ4n) is 2.11. The van der Waals surface area contributed by atoms with E-state index in [9.17, 15) is 14.0 Å². The van der Waals surface area contributed by atoms with Crippen LogP contribution in [0.1, 0.15) is 29.3 Å². The predicted molar refractivity (Wildman–Crippen MR) is 74.0 cm³/mol. The predicted octanol–water partition coefficient (Wildman–Crippen LogP) is 1.13. The largest absolute Gasteiger partial charge is 0.338 e. The van der Waals surface area contributed by atoms with E-state index < -0.39 is 11.7 Å². The molecule has 20 heavy (non-hydrogen) atoms. The van der Waals surface area contributed by atoms with E-state index in [2.05, 4.69) is 5.32 Å². The SMILES string of the molecule is CC(CN)N(C)C(=O)c1cc2c(cc1F)NC(=O)CC2. The zero-order chi connectivity index (χ0) is 14.9. The number of benzene rings is 1. The van der Waals surface area contributed by atoms with E-state index in [1.807, 2.05) is 0 Å². The quantitative estimate of drug-likeness (QED) is 0.871. The number of halogens is 1. The van der Waals surface area contributed by atoms with Gasteiger partial charge in [-0.1, -0.05) is 0 Å². The van der Waals surface area contributed by atoms with Crippen LogP contribution in [0.5, 0.6) is 0 Å². The molecular formula is C14H18FN3O2. The zero-order valence-electron chi connectivity index (χ0n) is 11.6. The van der Waals surface area contributed by atoms with Crippen molar-refractivity contribution in [3.63, 3.8) is 0 Å². The Kier molecular flexibility index (Phi) is 4.04. The maximum Gasteiger partial charge on any atom is 0.256 e. The Labute approximate surface area is 116 Å². The third kappa shape index (κ3) is 2.65. The molecule has 0 saturated heterocycles. The molecule has 2 amide bonds. The average Bonchev–Trinajstić information content (AvgIpc) is 2.44. The molecule has 0 fully saturated rings. The number of aryl methyl sites for hydroxylation is 1. The van der Waals surface area contributed by atoms with E-state index in [0.717, 1.165) is 5.56 Å². The molecule has 0 saturated carbocycles. The Balaban J connectivity index is 2.34. The number of carbonyl (C=O) groups is 2. The summed E-state index contributed by atoms with van der Waals surface area (Å²) in [6, 6.07) is 2.56. The number of nitrogens with two attached hydrogens (primary N) is 1. The number of anilines is 1. The monoisotopic (exact) mass is 279 g/mol. The van der Waals surface area contributed by atoms with Crippen molar-refractivity contribution in [2.24, 2.45) is 5.73 Å². The molecule has 1 aliphatic heterocycles. The van der Waals surface area contributed by atoms with Crippen LogP contribution in [-0.4, -0.2) is 36.3 Å². The highest BCUT2D eigenvalue weighted by Crippen LogP contribution is 2.26. The van der Waals surface area contributed by atoms with Crippen molar-refractivity contribution < 1.29 is 14.0 Å². The number of hydrogen-bond donors (Lipinski definition) is 2. The van der Waals surface area contributed by atoms with E-state index in [4.69, 9.17) is 5.73 Å². The molecule has 0 radical (unpaired) electrons. The van der Waals surface area contributed by atoms with Crippen LogP contribution in [-0.2, 0) is 11.2 Å². The highest BCUT2D eigenvalue weighted by Gasteiger charge is 2.23. The second-order valence-corrected chi connectivity index (χ2v) is 5.04. The van der Waals surface area contributed by atoms with Crippen LogP contribution < -0.4 is 11.1 Å². The molecule has 3 N–H and O–H groups in total. The summed E-state index contributed by atoms with van der Waals surface area (Å²) < 4.78 is 14.1. The van der Waals surface area contributed by atoms with E-state index in [0.29, 0.717) is 25.1 Å². The first-order valence-corrected chi connectivity index (χ1v) is 6.53. The first-order chi connectivity index (χ1) is 9.43. The Morgan fingerprint density at radius 2 is 2.20 bits per heavy atom. The smallest absolute Gasteiger partial charge is 0.256 e. The van der Waals surface area contributed by atoms with Crippen molar-refractivity contribution in [1.29, 1.82) is 0 Å². The van der Waals surface area contributed by atoms with Gasteiger partial charge in [0, 0.05) is 31.7 Å². The number of hydrogen-bond acceptors (Lipinski definition) is 3. The van der Waals surface area contributed by atoms with Gasteiger partial charge in [-0.3, -0.25) is 9.59 Å². The van der Waals surface area contributed by atoms with Gasteiger partial charge in [-0.2, -0.15) is 0 Å². The number of amides is 2. The number of nitrogens with one attached hydrogen (secondary N) is 1. The van der Waals surface area contributed by atoms with E-state index in [1.165, 1.54) is 17.0 Å². The van der Waals surface area contributed by atoms with Gasteiger partial charge in [-0.15, -0.1) is 0 Å². The molecule has 6 heteroatoms.